The Kier molecular flexibility index (Phi) is 5.07. The minimum Gasteiger partial charge on any atom is -0.497 e. The fourth-order valence-electron chi connectivity index (χ4n) is 6.20. The van der Waals surface area contributed by atoms with Crippen molar-refractivity contribution in [2.24, 2.45) is 11.3 Å². The van der Waals surface area contributed by atoms with Crippen LogP contribution in [-0.4, -0.2) is 64.3 Å². The Morgan fingerprint density at radius 1 is 1.37 bits per heavy atom. The number of methoxy groups -OCH3 is 1. The lowest BCUT2D eigenvalue weighted by Crippen LogP contribution is -2.72. The van der Waals surface area contributed by atoms with Crippen molar-refractivity contribution in [3.63, 3.8) is 0 Å². The molecule has 2 saturated heterocycles. The minimum atomic E-state index is -1.11. The number of likely N-dealkylation sites (N-methyl/N-ethyl adjacent to an activating group) is 1. The highest BCUT2D eigenvalue weighted by atomic mass is 16.5. The summed E-state index contributed by atoms with van der Waals surface area (Å²) in [7, 11) is 1.61. The van der Waals surface area contributed by atoms with Crippen molar-refractivity contribution in [3.05, 3.63) is 36.1 Å². The normalized spacial score (nSPS) is 42.4. The van der Waals surface area contributed by atoms with Crippen LogP contribution in [0.1, 0.15) is 45.4 Å². The smallest absolute Gasteiger partial charge is 0.339 e. The summed E-state index contributed by atoms with van der Waals surface area (Å²) in [6.07, 6.45) is 9.12. The number of piperidine rings is 1. The van der Waals surface area contributed by atoms with Gasteiger partial charge >= 0.3 is 6.03 Å². The van der Waals surface area contributed by atoms with Gasteiger partial charge in [0, 0.05) is 11.5 Å². The summed E-state index contributed by atoms with van der Waals surface area (Å²) >= 11 is 0. The zero-order chi connectivity index (χ0) is 21.7. The largest absolute Gasteiger partial charge is 0.497 e. The number of hydrogen-bond acceptors (Lipinski definition) is 6. The average Bonchev–Trinajstić information content (AvgIpc) is 2.93. The second-order valence-electron chi connectivity index (χ2n) is 9.02. The molecular weight excluding hydrogens is 384 g/mol. The summed E-state index contributed by atoms with van der Waals surface area (Å²) in [5.74, 6) is 5.95. The molecule has 0 unspecified atom stereocenters. The van der Waals surface area contributed by atoms with Gasteiger partial charge in [-0.3, -0.25) is 9.69 Å². The number of hydrogen-bond donors (Lipinski definition) is 3. The highest BCUT2D eigenvalue weighted by Crippen LogP contribution is 2.60. The van der Waals surface area contributed by atoms with Gasteiger partial charge in [-0.1, -0.05) is 19.6 Å². The third-order valence-electron chi connectivity index (χ3n) is 7.84. The zero-order valence-electron chi connectivity index (χ0n) is 17.8. The molecule has 1 spiro atoms. The Morgan fingerprint density at radius 3 is 2.77 bits per heavy atom. The maximum atomic E-state index is 13.0. The van der Waals surface area contributed by atoms with Crippen molar-refractivity contribution in [2.45, 2.75) is 62.6 Å². The first-order chi connectivity index (χ1) is 14.2. The van der Waals surface area contributed by atoms with Gasteiger partial charge < -0.3 is 15.2 Å². The molecule has 164 valence electrons. The number of allylic oxidation sites excluding steroid dienone is 3. The van der Waals surface area contributed by atoms with Gasteiger partial charge in [-0.2, -0.15) is 5.01 Å². The van der Waals surface area contributed by atoms with Gasteiger partial charge in [-0.25, -0.2) is 10.6 Å². The van der Waals surface area contributed by atoms with Gasteiger partial charge in [0.25, 0.3) is 5.91 Å². The number of likely N-dealkylation sites (tertiary alicyclic amines) is 1. The van der Waals surface area contributed by atoms with Crippen LogP contribution < -0.4 is 11.2 Å². The molecule has 0 radical (unpaired) electrons. The molecule has 2 heterocycles. The third kappa shape index (κ3) is 2.77. The fraction of sp³-hybridized carbons (Fsp3) is 0.636. The number of imide groups is 1. The van der Waals surface area contributed by atoms with Crippen molar-refractivity contribution < 1.29 is 19.4 Å². The first-order valence-corrected chi connectivity index (χ1v) is 10.7. The Labute approximate surface area is 177 Å². The van der Waals surface area contributed by atoms with E-state index in [9.17, 15) is 14.7 Å². The number of urea groups is 1. The SMILES string of the molecule is C=C1/C=C(OC)\C=C/CC[C@H]2N(CC)CC[C@@]13C[C@]1(CC[C@@]23O)NC(=O)N(N)C1=O. The van der Waals surface area contributed by atoms with Gasteiger partial charge in [0.15, 0.2) is 0 Å². The van der Waals surface area contributed by atoms with Crippen LogP contribution in [0.4, 0.5) is 4.79 Å². The quantitative estimate of drug-likeness (QED) is 0.358. The molecule has 2 bridgehead atoms. The Bertz CT molecular complexity index is 839. The van der Waals surface area contributed by atoms with Crippen LogP contribution >= 0.6 is 0 Å². The molecule has 4 rings (SSSR count). The molecule has 2 aliphatic heterocycles. The van der Waals surface area contributed by atoms with E-state index in [-0.39, 0.29) is 12.5 Å². The predicted octanol–water partition coefficient (Wildman–Crippen LogP) is 1.58. The highest BCUT2D eigenvalue weighted by Gasteiger charge is 2.68. The van der Waals surface area contributed by atoms with E-state index >= 15 is 0 Å². The number of amides is 3. The van der Waals surface area contributed by atoms with Crippen LogP contribution in [0.15, 0.2) is 36.1 Å². The molecule has 4 N–H and O–H groups in total. The number of hydrazine groups is 1. The predicted molar refractivity (Wildman–Crippen MR) is 112 cm³/mol. The summed E-state index contributed by atoms with van der Waals surface area (Å²) in [6.45, 7) is 8.10. The van der Waals surface area contributed by atoms with Crippen LogP contribution in [-0.2, 0) is 9.53 Å². The average molecular weight is 417 g/mol. The summed E-state index contributed by atoms with van der Waals surface area (Å²) in [5, 5.41) is 15.8. The van der Waals surface area contributed by atoms with E-state index in [1.807, 2.05) is 12.2 Å². The fourth-order valence-corrected chi connectivity index (χ4v) is 6.20. The van der Waals surface area contributed by atoms with E-state index in [0.717, 1.165) is 31.5 Å². The number of carbonyl (C=O) groups is 2. The first kappa shape index (κ1) is 21.1. The molecule has 4 atom stereocenters. The Hall–Kier alpha value is -2.16. The van der Waals surface area contributed by atoms with Crippen LogP contribution in [0.2, 0.25) is 0 Å². The number of nitrogens with two attached hydrogens (primary N) is 1. The third-order valence-corrected chi connectivity index (χ3v) is 7.84. The van der Waals surface area contributed by atoms with Crippen molar-refractivity contribution in [3.8, 4) is 0 Å². The molecule has 1 saturated carbocycles. The maximum Gasteiger partial charge on any atom is 0.339 e. The number of nitrogens with one attached hydrogen (secondary N) is 1. The molecule has 3 fully saturated rings. The number of ether oxygens (including phenoxy) is 1. The highest BCUT2D eigenvalue weighted by molar-refractivity contribution is 6.06. The van der Waals surface area contributed by atoms with Crippen molar-refractivity contribution in [2.75, 3.05) is 20.2 Å². The molecule has 0 aromatic carbocycles. The molecule has 30 heavy (non-hydrogen) atoms. The number of carbonyl (C=O) groups excluding carboxylic acids is 2. The summed E-state index contributed by atoms with van der Waals surface area (Å²) in [6, 6.07) is -0.653. The summed E-state index contributed by atoms with van der Waals surface area (Å²) in [5.41, 5.74) is -2.23. The van der Waals surface area contributed by atoms with Gasteiger partial charge in [0.1, 0.15) is 11.3 Å². The van der Waals surface area contributed by atoms with E-state index in [0.29, 0.717) is 30.0 Å². The standard InChI is InChI=1S/C22H32N4O4/c1-4-25-12-11-20-14-21(18(27)26(23)19(28)24-21)9-10-22(20,29)17(25)8-6-5-7-16(30-3)13-15(20)2/h5,7,13,17,29H,2,4,6,8-12,14,23H2,1,3H3,(H,24,28)/b7-5-,16-13+/t17-,20-,21+,22-/m1/s1. The lowest BCUT2D eigenvalue weighted by atomic mass is 9.49. The van der Waals surface area contributed by atoms with E-state index in [4.69, 9.17) is 10.6 Å². The van der Waals surface area contributed by atoms with E-state index in [1.165, 1.54) is 0 Å². The Balaban J connectivity index is 1.86. The molecular formula is C22H32N4O4. The summed E-state index contributed by atoms with van der Waals surface area (Å²) in [4.78, 5) is 27.5. The second kappa shape index (κ2) is 7.21. The topological polar surface area (TPSA) is 108 Å². The molecule has 8 nitrogen and oxygen atoms in total. The van der Waals surface area contributed by atoms with Crippen LogP contribution in [0.5, 0.6) is 0 Å². The van der Waals surface area contributed by atoms with E-state index in [1.54, 1.807) is 7.11 Å². The van der Waals surface area contributed by atoms with Crippen molar-refractivity contribution >= 4 is 11.9 Å². The van der Waals surface area contributed by atoms with Crippen molar-refractivity contribution in [1.29, 1.82) is 0 Å². The number of rotatable bonds is 2. The molecule has 3 amide bonds. The van der Waals surface area contributed by atoms with Crippen LogP contribution in [0.3, 0.4) is 0 Å². The molecule has 4 aliphatic rings. The second-order valence-corrected chi connectivity index (χ2v) is 9.02. The van der Waals surface area contributed by atoms with Crippen LogP contribution in [0.25, 0.3) is 0 Å². The lowest BCUT2D eigenvalue weighted by molar-refractivity contribution is -0.192. The maximum absolute atomic E-state index is 13.0. The molecule has 0 aromatic rings. The van der Waals surface area contributed by atoms with Gasteiger partial charge in [0.05, 0.1) is 12.7 Å². The minimum absolute atomic E-state index is 0.0614. The monoisotopic (exact) mass is 416 g/mol. The molecule has 2 aliphatic carbocycles. The van der Waals surface area contributed by atoms with Gasteiger partial charge in [-0.15, -0.1) is 0 Å². The number of nitrogens with zero attached hydrogens (tertiary/aromatic N) is 2. The number of aliphatic hydroxyl groups is 1. The molecule has 0 aromatic heterocycles. The van der Waals surface area contributed by atoms with Crippen molar-refractivity contribution in [1.82, 2.24) is 15.2 Å². The van der Waals surface area contributed by atoms with Gasteiger partial charge in [-0.05, 0) is 69.3 Å². The van der Waals surface area contributed by atoms with E-state index in [2.05, 4.69) is 29.8 Å². The van der Waals surface area contributed by atoms with Gasteiger partial charge in [0.2, 0.25) is 0 Å². The molecule has 8 heteroatoms. The first-order valence-electron chi connectivity index (χ1n) is 10.7. The zero-order valence-corrected chi connectivity index (χ0v) is 17.8. The van der Waals surface area contributed by atoms with Crippen LogP contribution in [0, 0.1) is 5.41 Å². The Morgan fingerprint density at radius 2 is 2.13 bits per heavy atom. The summed E-state index contributed by atoms with van der Waals surface area (Å²) < 4.78 is 5.51. The van der Waals surface area contributed by atoms with E-state index < -0.39 is 28.5 Å². The lowest BCUT2D eigenvalue weighted by Gasteiger charge is -2.63.